The summed E-state index contributed by atoms with van der Waals surface area (Å²) in [5, 5.41) is 38.4. The maximum Gasteiger partial charge on any atom is 0.340 e. The molecule has 3 N–H and O–H groups in total. The number of rotatable bonds is 3. The van der Waals surface area contributed by atoms with Crippen LogP contribution in [0, 0.1) is 13.8 Å². The maximum atomic E-state index is 14.2. The predicted molar refractivity (Wildman–Crippen MR) is 174 cm³/mol. The van der Waals surface area contributed by atoms with Crippen LogP contribution in [-0.2, 0) is 10.3 Å². The zero-order chi connectivity index (χ0) is 31.2. The lowest BCUT2D eigenvalue weighted by Crippen LogP contribution is -2.39. The highest BCUT2D eigenvalue weighted by Crippen LogP contribution is 2.54. The smallest absolute Gasteiger partial charge is 0.340 e. The average molecular weight is 591 g/mol. The molecule has 1 aliphatic heterocycles. The Hall–Kier alpha value is -5.88. The molecule has 0 fully saturated rings. The summed E-state index contributed by atoms with van der Waals surface area (Å²) >= 11 is 0. The standard InChI is InChI=1S/C39H26O6/c1-20-13-15-25-28(17-20)32(19-29(36(25)41)37(42)43)39(30-12-6-9-23-8-5-11-27(33(23)30)38(44)45-39)31-18-21(2)35(40)34-24-10-4-3-7-22(24)14-16-26(31)34/h3-19,40-41H,1-2H3,(H,42,43). The SMILES string of the molecule is Cc1ccc2c(O)c(C(=O)O)cc(C3(c4cc(C)c(O)c5c4ccc4ccccc45)OC(=O)c4cccc5cccc3c45)c2c1. The molecule has 0 aromatic heterocycles. The number of hydrogen-bond acceptors (Lipinski definition) is 5. The van der Waals surface area contributed by atoms with E-state index >= 15 is 0 Å². The molecule has 0 spiro atoms. The minimum Gasteiger partial charge on any atom is -0.507 e. The first-order chi connectivity index (χ1) is 21.7. The van der Waals surface area contributed by atoms with Crippen LogP contribution in [0.3, 0.4) is 0 Å². The normalized spacial score (nSPS) is 16.0. The van der Waals surface area contributed by atoms with Gasteiger partial charge in [0.05, 0.1) is 5.56 Å². The van der Waals surface area contributed by atoms with Crippen LogP contribution in [0.25, 0.3) is 43.1 Å². The molecular formula is C39H26O6. The summed E-state index contributed by atoms with van der Waals surface area (Å²) in [7, 11) is 0. The predicted octanol–water partition coefficient (Wildman–Crippen LogP) is 8.49. The van der Waals surface area contributed by atoms with Crippen LogP contribution in [0.2, 0.25) is 0 Å². The molecule has 218 valence electrons. The summed E-state index contributed by atoms with van der Waals surface area (Å²) in [5.74, 6) is -2.14. The van der Waals surface area contributed by atoms with Crippen LogP contribution in [0.5, 0.6) is 11.5 Å². The van der Waals surface area contributed by atoms with E-state index in [1.165, 1.54) is 6.07 Å². The highest BCUT2D eigenvalue weighted by atomic mass is 16.6. The number of carbonyl (C=O) groups excluding carboxylic acids is 1. The lowest BCUT2D eigenvalue weighted by molar-refractivity contribution is 0.0135. The molecule has 0 saturated carbocycles. The van der Waals surface area contributed by atoms with Crippen LogP contribution >= 0.6 is 0 Å². The largest absolute Gasteiger partial charge is 0.507 e. The van der Waals surface area contributed by atoms with Crippen LogP contribution in [0.4, 0.5) is 0 Å². The summed E-state index contributed by atoms with van der Waals surface area (Å²) in [6.07, 6.45) is 0. The minimum atomic E-state index is -1.67. The van der Waals surface area contributed by atoms with E-state index in [1.807, 2.05) is 85.8 Å². The molecule has 8 rings (SSSR count). The minimum absolute atomic E-state index is 0.110. The molecule has 1 unspecified atom stereocenters. The molecule has 0 amide bonds. The van der Waals surface area contributed by atoms with Crippen molar-refractivity contribution in [2.24, 2.45) is 0 Å². The number of carboxylic acids is 1. The molecule has 1 aliphatic rings. The number of carbonyl (C=O) groups is 2. The van der Waals surface area contributed by atoms with Crippen molar-refractivity contribution in [3.63, 3.8) is 0 Å². The lowest BCUT2D eigenvalue weighted by Gasteiger charge is -2.41. The first kappa shape index (κ1) is 26.7. The summed E-state index contributed by atoms with van der Waals surface area (Å²) in [6, 6.07) is 31.4. The third-order valence-electron chi connectivity index (χ3n) is 9.19. The molecule has 1 heterocycles. The van der Waals surface area contributed by atoms with E-state index in [2.05, 4.69) is 0 Å². The Morgan fingerprint density at radius 3 is 2.16 bits per heavy atom. The van der Waals surface area contributed by atoms with Gasteiger partial charge >= 0.3 is 11.9 Å². The van der Waals surface area contributed by atoms with Crippen LogP contribution in [-0.4, -0.2) is 27.3 Å². The van der Waals surface area contributed by atoms with Crippen molar-refractivity contribution < 1.29 is 29.6 Å². The second-order valence-electron chi connectivity index (χ2n) is 11.8. The molecule has 7 aromatic rings. The average Bonchev–Trinajstić information content (AvgIpc) is 3.04. The van der Waals surface area contributed by atoms with E-state index in [9.17, 15) is 24.9 Å². The number of carboxylic acid groups (broad SMARTS) is 1. The molecule has 6 nitrogen and oxygen atoms in total. The quantitative estimate of drug-likeness (QED) is 0.141. The highest BCUT2D eigenvalue weighted by molar-refractivity contribution is 6.15. The van der Waals surface area contributed by atoms with Crippen molar-refractivity contribution in [1.29, 1.82) is 0 Å². The number of aromatic hydroxyl groups is 2. The van der Waals surface area contributed by atoms with Crippen molar-refractivity contribution in [1.82, 2.24) is 0 Å². The van der Waals surface area contributed by atoms with Crippen molar-refractivity contribution in [2.45, 2.75) is 19.4 Å². The Morgan fingerprint density at radius 1 is 0.644 bits per heavy atom. The molecule has 0 radical (unpaired) electrons. The van der Waals surface area contributed by atoms with Gasteiger partial charge in [0.2, 0.25) is 0 Å². The summed E-state index contributed by atoms with van der Waals surface area (Å²) in [5.41, 5.74) is 1.47. The number of aryl methyl sites for hydroxylation is 2. The number of esters is 1. The number of fused-ring (bicyclic) bond motifs is 4. The van der Waals surface area contributed by atoms with E-state index in [0.717, 1.165) is 21.7 Å². The fourth-order valence-electron chi connectivity index (χ4n) is 7.18. The van der Waals surface area contributed by atoms with Gasteiger partial charge in [-0.2, -0.15) is 0 Å². The second kappa shape index (κ2) is 9.31. The summed E-state index contributed by atoms with van der Waals surface area (Å²) < 4.78 is 6.71. The van der Waals surface area contributed by atoms with Gasteiger partial charge in [-0.3, -0.25) is 0 Å². The molecular weight excluding hydrogens is 564 g/mol. The topological polar surface area (TPSA) is 104 Å². The molecule has 0 bridgehead atoms. The first-order valence-corrected chi connectivity index (χ1v) is 14.6. The number of phenolic OH excluding ortho intramolecular Hbond substituents is 1. The van der Waals surface area contributed by atoms with Gasteiger partial charge in [0.1, 0.15) is 17.1 Å². The summed E-state index contributed by atoms with van der Waals surface area (Å²) in [4.78, 5) is 26.8. The number of cyclic esters (lactones) is 1. The second-order valence-corrected chi connectivity index (χ2v) is 11.8. The number of ether oxygens (including phenoxy) is 1. The first-order valence-electron chi connectivity index (χ1n) is 14.6. The van der Waals surface area contributed by atoms with Gasteiger partial charge in [-0.1, -0.05) is 90.5 Å². The van der Waals surface area contributed by atoms with Crippen LogP contribution < -0.4 is 0 Å². The van der Waals surface area contributed by atoms with Gasteiger partial charge in [-0.05, 0) is 64.5 Å². The van der Waals surface area contributed by atoms with Crippen molar-refractivity contribution in [3.05, 3.63) is 142 Å². The molecule has 0 saturated heterocycles. The Bertz CT molecular complexity index is 2450. The molecule has 7 aromatic carbocycles. The number of benzene rings is 7. The Balaban J connectivity index is 1.67. The lowest BCUT2D eigenvalue weighted by atomic mass is 9.72. The van der Waals surface area contributed by atoms with Gasteiger partial charge in [-0.15, -0.1) is 0 Å². The monoisotopic (exact) mass is 590 g/mol. The fraction of sp³-hybridized carbons (Fsp3) is 0.0769. The number of aromatic carboxylic acids is 1. The Labute approximate surface area is 257 Å². The van der Waals surface area contributed by atoms with E-state index in [1.54, 1.807) is 25.1 Å². The van der Waals surface area contributed by atoms with E-state index in [-0.39, 0.29) is 17.1 Å². The van der Waals surface area contributed by atoms with Gasteiger partial charge in [0.15, 0.2) is 5.60 Å². The van der Waals surface area contributed by atoms with E-state index in [4.69, 9.17) is 4.74 Å². The number of phenols is 2. The zero-order valence-corrected chi connectivity index (χ0v) is 24.4. The Kier molecular flexibility index (Phi) is 5.53. The highest BCUT2D eigenvalue weighted by Gasteiger charge is 2.48. The van der Waals surface area contributed by atoms with Gasteiger partial charge in [0, 0.05) is 32.8 Å². The Morgan fingerprint density at radius 2 is 1.36 bits per heavy atom. The molecule has 45 heavy (non-hydrogen) atoms. The molecule has 1 atom stereocenters. The molecule has 0 aliphatic carbocycles. The van der Waals surface area contributed by atoms with Crippen molar-refractivity contribution in [2.75, 3.05) is 0 Å². The third-order valence-corrected chi connectivity index (χ3v) is 9.19. The fourth-order valence-corrected chi connectivity index (χ4v) is 7.18. The van der Waals surface area contributed by atoms with Crippen molar-refractivity contribution >= 4 is 55.0 Å². The van der Waals surface area contributed by atoms with Gasteiger partial charge in [-0.25, -0.2) is 9.59 Å². The maximum absolute atomic E-state index is 14.2. The van der Waals surface area contributed by atoms with Crippen molar-refractivity contribution in [3.8, 4) is 11.5 Å². The van der Waals surface area contributed by atoms with Gasteiger partial charge < -0.3 is 20.1 Å². The van der Waals surface area contributed by atoms with Gasteiger partial charge in [0.25, 0.3) is 0 Å². The van der Waals surface area contributed by atoms with Crippen LogP contribution in [0.1, 0.15) is 48.5 Å². The van der Waals surface area contributed by atoms with Crippen LogP contribution in [0.15, 0.2) is 103 Å². The number of hydrogen-bond donors (Lipinski definition) is 3. The van der Waals surface area contributed by atoms with E-state index in [0.29, 0.717) is 54.7 Å². The molecule has 6 heteroatoms. The zero-order valence-electron chi connectivity index (χ0n) is 24.4. The third kappa shape index (κ3) is 3.56. The summed E-state index contributed by atoms with van der Waals surface area (Å²) in [6.45, 7) is 3.71. The van der Waals surface area contributed by atoms with E-state index < -0.39 is 17.5 Å².